The highest BCUT2D eigenvalue weighted by molar-refractivity contribution is 5.74. The van der Waals surface area contributed by atoms with Crippen molar-refractivity contribution in [3.8, 4) is 39.5 Å². The van der Waals surface area contributed by atoms with Crippen LogP contribution >= 0.6 is 0 Å². The Kier molecular flexibility index (Phi) is 8.74. The standard InChI is InChI=1S/C38H38O3/c1-3-5-24-38(30-16-20-33(21-17-30)41-25-4-2,31-18-22-36(39)34(26-31)28-12-8-6-9-13-28)32-19-23-37(40)35(27-32)29-14-10-7-11-15-29/h6-23,26-27,39-40H,3-5,24-25H2,1-2H3. The van der Waals surface area contributed by atoms with Crippen LogP contribution in [0.4, 0.5) is 0 Å². The zero-order valence-electron chi connectivity index (χ0n) is 23.9. The average molecular weight is 543 g/mol. The van der Waals surface area contributed by atoms with E-state index in [9.17, 15) is 10.2 Å². The average Bonchev–Trinajstić information content (AvgIpc) is 3.03. The van der Waals surface area contributed by atoms with Crippen LogP contribution in [0, 0.1) is 0 Å². The van der Waals surface area contributed by atoms with Gasteiger partial charge in [0.1, 0.15) is 17.2 Å². The van der Waals surface area contributed by atoms with Crippen LogP contribution in [0.2, 0.25) is 0 Å². The summed E-state index contributed by atoms with van der Waals surface area (Å²) in [6, 6.07) is 40.5. The lowest BCUT2D eigenvalue weighted by atomic mass is 9.65. The number of rotatable bonds is 11. The minimum atomic E-state index is -0.534. The molecule has 0 aliphatic heterocycles. The molecule has 5 aromatic rings. The van der Waals surface area contributed by atoms with E-state index in [-0.39, 0.29) is 11.5 Å². The molecule has 5 aromatic carbocycles. The summed E-state index contributed by atoms with van der Waals surface area (Å²) in [5, 5.41) is 21.9. The summed E-state index contributed by atoms with van der Waals surface area (Å²) in [6.07, 6.45) is 3.84. The maximum absolute atomic E-state index is 11.0. The van der Waals surface area contributed by atoms with Crippen molar-refractivity contribution in [2.24, 2.45) is 0 Å². The van der Waals surface area contributed by atoms with Gasteiger partial charge in [0.15, 0.2) is 0 Å². The second-order valence-corrected chi connectivity index (χ2v) is 10.6. The highest BCUT2D eigenvalue weighted by Gasteiger charge is 2.37. The van der Waals surface area contributed by atoms with Crippen LogP contribution in [0.5, 0.6) is 17.2 Å². The van der Waals surface area contributed by atoms with Crippen molar-refractivity contribution in [3.05, 3.63) is 138 Å². The molecule has 0 fully saturated rings. The molecule has 0 spiro atoms. The fourth-order valence-electron chi connectivity index (χ4n) is 5.73. The zero-order chi connectivity index (χ0) is 28.7. The first kappa shape index (κ1) is 28.0. The molecule has 0 heterocycles. The minimum Gasteiger partial charge on any atom is -0.507 e. The first-order chi connectivity index (χ1) is 20.1. The number of unbranched alkanes of at least 4 members (excludes halogenated alkanes) is 1. The van der Waals surface area contributed by atoms with E-state index < -0.39 is 5.41 Å². The molecule has 0 bridgehead atoms. The maximum atomic E-state index is 11.0. The van der Waals surface area contributed by atoms with E-state index in [0.717, 1.165) is 70.4 Å². The maximum Gasteiger partial charge on any atom is 0.123 e. The van der Waals surface area contributed by atoms with E-state index >= 15 is 0 Å². The topological polar surface area (TPSA) is 49.7 Å². The molecule has 0 aliphatic carbocycles. The number of phenolic OH excluding ortho intramolecular Hbond substituents is 2. The largest absolute Gasteiger partial charge is 0.507 e. The summed E-state index contributed by atoms with van der Waals surface area (Å²) in [5.41, 5.74) is 6.33. The van der Waals surface area contributed by atoms with E-state index in [1.54, 1.807) is 0 Å². The smallest absolute Gasteiger partial charge is 0.123 e. The zero-order valence-corrected chi connectivity index (χ0v) is 23.9. The van der Waals surface area contributed by atoms with Gasteiger partial charge in [0.25, 0.3) is 0 Å². The van der Waals surface area contributed by atoms with E-state index in [1.807, 2.05) is 84.9 Å². The Morgan fingerprint density at radius 2 is 1.05 bits per heavy atom. The molecule has 3 heteroatoms. The van der Waals surface area contributed by atoms with Crippen molar-refractivity contribution in [1.82, 2.24) is 0 Å². The van der Waals surface area contributed by atoms with Gasteiger partial charge in [-0.05, 0) is 77.1 Å². The summed E-state index contributed by atoms with van der Waals surface area (Å²) >= 11 is 0. The van der Waals surface area contributed by atoms with Gasteiger partial charge < -0.3 is 14.9 Å². The minimum absolute atomic E-state index is 0.253. The molecule has 0 radical (unpaired) electrons. The van der Waals surface area contributed by atoms with Gasteiger partial charge >= 0.3 is 0 Å². The van der Waals surface area contributed by atoms with Crippen molar-refractivity contribution in [1.29, 1.82) is 0 Å². The Morgan fingerprint density at radius 1 is 0.561 bits per heavy atom. The number of hydrogen-bond acceptors (Lipinski definition) is 3. The van der Waals surface area contributed by atoms with Gasteiger partial charge in [0.2, 0.25) is 0 Å². The second kappa shape index (κ2) is 12.8. The van der Waals surface area contributed by atoms with Gasteiger partial charge in [-0.25, -0.2) is 0 Å². The lowest BCUT2D eigenvalue weighted by Gasteiger charge is -2.37. The van der Waals surface area contributed by atoms with Crippen LogP contribution in [0.25, 0.3) is 22.3 Å². The summed E-state index contributed by atoms with van der Waals surface area (Å²) in [4.78, 5) is 0. The summed E-state index contributed by atoms with van der Waals surface area (Å²) in [7, 11) is 0. The normalized spacial score (nSPS) is 11.4. The Bertz CT molecular complexity index is 1470. The first-order valence-electron chi connectivity index (χ1n) is 14.6. The van der Waals surface area contributed by atoms with Gasteiger partial charge in [0, 0.05) is 16.5 Å². The quantitative estimate of drug-likeness (QED) is 0.163. The second-order valence-electron chi connectivity index (χ2n) is 10.6. The third-order valence-corrected chi connectivity index (χ3v) is 7.87. The van der Waals surface area contributed by atoms with Crippen molar-refractivity contribution in [2.45, 2.75) is 44.9 Å². The molecule has 5 rings (SSSR count). The van der Waals surface area contributed by atoms with Crippen molar-refractivity contribution in [3.63, 3.8) is 0 Å². The Morgan fingerprint density at radius 3 is 1.51 bits per heavy atom. The molecule has 41 heavy (non-hydrogen) atoms. The predicted octanol–water partition coefficient (Wildman–Crippen LogP) is 9.75. The van der Waals surface area contributed by atoms with Crippen LogP contribution in [-0.4, -0.2) is 16.8 Å². The molecular formula is C38H38O3. The lowest BCUT2D eigenvalue weighted by Crippen LogP contribution is -2.29. The number of hydrogen-bond donors (Lipinski definition) is 2. The monoisotopic (exact) mass is 542 g/mol. The Labute approximate surface area is 243 Å². The van der Waals surface area contributed by atoms with Gasteiger partial charge in [-0.15, -0.1) is 0 Å². The van der Waals surface area contributed by atoms with Crippen LogP contribution < -0.4 is 4.74 Å². The SMILES string of the molecule is CCCCC(c1ccc(OCCC)cc1)(c1ccc(O)c(-c2ccccc2)c1)c1ccc(O)c(-c2ccccc2)c1. The molecular weight excluding hydrogens is 504 g/mol. The highest BCUT2D eigenvalue weighted by Crippen LogP contribution is 2.48. The number of phenols is 2. The molecule has 208 valence electrons. The van der Waals surface area contributed by atoms with Gasteiger partial charge in [-0.2, -0.15) is 0 Å². The molecule has 0 amide bonds. The Hall–Kier alpha value is -4.50. The van der Waals surface area contributed by atoms with Crippen LogP contribution in [-0.2, 0) is 5.41 Å². The summed E-state index contributed by atoms with van der Waals surface area (Å²) in [6.45, 7) is 5.00. The van der Waals surface area contributed by atoms with E-state index in [0.29, 0.717) is 6.61 Å². The van der Waals surface area contributed by atoms with Gasteiger partial charge in [0.05, 0.1) is 6.61 Å². The van der Waals surface area contributed by atoms with Crippen molar-refractivity contribution in [2.75, 3.05) is 6.61 Å². The van der Waals surface area contributed by atoms with Crippen molar-refractivity contribution >= 4 is 0 Å². The van der Waals surface area contributed by atoms with Crippen LogP contribution in [0.15, 0.2) is 121 Å². The van der Waals surface area contributed by atoms with E-state index in [1.165, 1.54) is 0 Å². The number of benzene rings is 5. The molecule has 0 aliphatic rings. The number of ether oxygens (including phenoxy) is 1. The first-order valence-corrected chi connectivity index (χ1v) is 14.6. The third-order valence-electron chi connectivity index (χ3n) is 7.87. The molecule has 3 nitrogen and oxygen atoms in total. The summed E-state index contributed by atoms with van der Waals surface area (Å²) < 4.78 is 5.93. The molecule has 0 saturated heterocycles. The van der Waals surface area contributed by atoms with Crippen LogP contribution in [0.1, 0.15) is 56.2 Å². The molecule has 0 atom stereocenters. The highest BCUT2D eigenvalue weighted by atomic mass is 16.5. The molecule has 0 unspecified atom stereocenters. The Balaban J connectivity index is 1.77. The lowest BCUT2D eigenvalue weighted by molar-refractivity contribution is 0.317. The van der Waals surface area contributed by atoms with Crippen molar-refractivity contribution < 1.29 is 14.9 Å². The molecule has 2 N–H and O–H groups in total. The van der Waals surface area contributed by atoms with E-state index in [2.05, 4.69) is 50.2 Å². The van der Waals surface area contributed by atoms with E-state index in [4.69, 9.17) is 4.74 Å². The molecule has 0 saturated carbocycles. The van der Waals surface area contributed by atoms with Gasteiger partial charge in [-0.1, -0.05) is 112 Å². The van der Waals surface area contributed by atoms with Crippen LogP contribution in [0.3, 0.4) is 0 Å². The fraction of sp³-hybridized carbons (Fsp3) is 0.211. The fourth-order valence-corrected chi connectivity index (χ4v) is 5.73. The summed E-state index contributed by atoms with van der Waals surface area (Å²) in [5.74, 6) is 1.36. The molecule has 0 aromatic heterocycles. The predicted molar refractivity (Wildman–Crippen MR) is 169 cm³/mol. The van der Waals surface area contributed by atoms with Gasteiger partial charge in [-0.3, -0.25) is 0 Å². The third kappa shape index (κ3) is 5.85. The number of aromatic hydroxyl groups is 2.